The van der Waals surface area contributed by atoms with Crippen LogP contribution in [0.3, 0.4) is 0 Å². The number of benzene rings is 2. The second kappa shape index (κ2) is 8.22. The first kappa shape index (κ1) is 20.3. The Morgan fingerprint density at radius 3 is 2.79 bits per heavy atom. The Hall–Kier alpha value is -4.33. The molecule has 1 N–H and O–H groups in total. The molecule has 8 nitrogen and oxygen atoms in total. The van der Waals surface area contributed by atoms with E-state index < -0.39 is 6.10 Å². The van der Waals surface area contributed by atoms with Crippen LogP contribution in [0.2, 0.25) is 0 Å². The zero-order valence-corrected chi connectivity index (χ0v) is 18.8. The molecule has 34 heavy (non-hydrogen) atoms. The number of ether oxygens (including phenoxy) is 3. The van der Waals surface area contributed by atoms with E-state index in [0.29, 0.717) is 24.1 Å². The predicted octanol–water partition coefficient (Wildman–Crippen LogP) is 4.64. The van der Waals surface area contributed by atoms with E-state index in [0.717, 1.165) is 33.7 Å². The number of aromatic nitrogens is 4. The summed E-state index contributed by atoms with van der Waals surface area (Å²) >= 11 is 0. The summed E-state index contributed by atoms with van der Waals surface area (Å²) in [4.78, 5) is 8.84. The van der Waals surface area contributed by atoms with Gasteiger partial charge < -0.3 is 19.5 Å². The molecule has 8 heteroatoms. The third-order valence-electron chi connectivity index (χ3n) is 6.11. The maximum atomic E-state index is 6.65. The van der Waals surface area contributed by atoms with E-state index in [1.54, 1.807) is 19.6 Å². The van der Waals surface area contributed by atoms with Gasteiger partial charge in [-0.2, -0.15) is 10.1 Å². The van der Waals surface area contributed by atoms with Gasteiger partial charge in [-0.05, 0) is 42.8 Å². The van der Waals surface area contributed by atoms with Gasteiger partial charge in [0.15, 0.2) is 11.5 Å². The number of anilines is 1. The Morgan fingerprint density at radius 1 is 1.06 bits per heavy atom. The van der Waals surface area contributed by atoms with E-state index in [9.17, 15) is 0 Å². The van der Waals surface area contributed by atoms with E-state index in [-0.39, 0.29) is 6.04 Å². The summed E-state index contributed by atoms with van der Waals surface area (Å²) < 4.78 is 19.9. The SMILES string of the molecule is CCOc1ccc([C@H]2Oc3ccccc3C3=C2[C@@H](c2cccnc2)n2ncnc2N3)cc1OC. The van der Waals surface area contributed by atoms with Crippen LogP contribution in [0.25, 0.3) is 5.70 Å². The van der Waals surface area contributed by atoms with Gasteiger partial charge in [0, 0.05) is 29.1 Å². The maximum absolute atomic E-state index is 6.65. The van der Waals surface area contributed by atoms with Crippen molar-refractivity contribution < 1.29 is 14.2 Å². The zero-order valence-electron chi connectivity index (χ0n) is 18.8. The fourth-order valence-corrected chi connectivity index (χ4v) is 4.67. The van der Waals surface area contributed by atoms with E-state index in [4.69, 9.17) is 14.2 Å². The molecule has 0 radical (unpaired) electrons. The molecule has 4 heterocycles. The summed E-state index contributed by atoms with van der Waals surface area (Å²) in [7, 11) is 1.64. The first-order valence-corrected chi connectivity index (χ1v) is 11.2. The third-order valence-corrected chi connectivity index (χ3v) is 6.11. The average molecular weight is 454 g/mol. The first-order chi connectivity index (χ1) is 16.8. The molecule has 0 saturated heterocycles. The molecule has 2 aromatic carbocycles. The van der Waals surface area contributed by atoms with Crippen molar-refractivity contribution in [3.63, 3.8) is 0 Å². The second-order valence-corrected chi connectivity index (χ2v) is 8.01. The van der Waals surface area contributed by atoms with Crippen molar-refractivity contribution in [1.82, 2.24) is 19.7 Å². The van der Waals surface area contributed by atoms with Crippen molar-refractivity contribution >= 4 is 11.6 Å². The third kappa shape index (κ3) is 3.18. The van der Waals surface area contributed by atoms with Gasteiger partial charge >= 0.3 is 0 Å². The highest BCUT2D eigenvalue weighted by Crippen LogP contribution is 2.51. The van der Waals surface area contributed by atoms with Crippen molar-refractivity contribution in [2.24, 2.45) is 0 Å². The first-order valence-electron chi connectivity index (χ1n) is 11.2. The van der Waals surface area contributed by atoms with Gasteiger partial charge in [0.25, 0.3) is 0 Å². The smallest absolute Gasteiger partial charge is 0.226 e. The summed E-state index contributed by atoms with van der Waals surface area (Å²) in [6, 6.07) is 17.7. The quantitative estimate of drug-likeness (QED) is 0.471. The lowest BCUT2D eigenvalue weighted by molar-refractivity contribution is 0.222. The molecule has 0 amide bonds. The van der Waals surface area contributed by atoms with Crippen molar-refractivity contribution in [2.75, 3.05) is 19.0 Å². The number of fused-ring (bicyclic) bond motifs is 3. The minimum atomic E-state index is -0.399. The normalized spacial score (nSPS) is 18.2. The molecular formula is C26H23N5O3. The number of pyridine rings is 1. The fourth-order valence-electron chi connectivity index (χ4n) is 4.67. The Balaban J connectivity index is 1.58. The van der Waals surface area contributed by atoms with Gasteiger partial charge in [-0.15, -0.1) is 0 Å². The molecule has 0 unspecified atom stereocenters. The van der Waals surface area contributed by atoms with Gasteiger partial charge in [0.05, 0.1) is 19.4 Å². The zero-order chi connectivity index (χ0) is 23.1. The molecule has 0 fully saturated rings. The molecule has 2 aromatic heterocycles. The van der Waals surface area contributed by atoms with Crippen LogP contribution in [0.5, 0.6) is 17.2 Å². The van der Waals surface area contributed by atoms with Crippen LogP contribution >= 0.6 is 0 Å². The molecule has 0 saturated carbocycles. The van der Waals surface area contributed by atoms with Crippen LogP contribution in [-0.4, -0.2) is 33.5 Å². The molecule has 0 aliphatic carbocycles. The number of methoxy groups -OCH3 is 1. The molecule has 4 aromatic rings. The van der Waals surface area contributed by atoms with Gasteiger partial charge in [-0.25, -0.2) is 4.68 Å². The van der Waals surface area contributed by atoms with Gasteiger partial charge in [-0.3, -0.25) is 4.98 Å². The maximum Gasteiger partial charge on any atom is 0.226 e. The number of para-hydroxylation sites is 1. The lowest BCUT2D eigenvalue weighted by Crippen LogP contribution is -2.32. The monoisotopic (exact) mass is 453 g/mol. The standard InChI is InChI=1S/C26H23N5O3/c1-3-33-20-11-10-16(13-21(20)32-2)25-22-23(18-8-4-5-9-19(18)34-25)30-26-28-15-29-31(26)24(22)17-7-6-12-27-14-17/h4-15,24-25H,3H2,1-2H3,(H,28,29,30)/t24-,25-/m1/s1. The Labute approximate surface area is 196 Å². The number of rotatable bonds is 5. The highest BCUT2D eigenvalue weighted by molar-refractivity contribution is 5.85. The predicted molar refractivity (Wildman–Crippen MR) is 127 cm³/mol. The molecule has 2 aliphatic heterocycles. The lowest BCUT2D eigenvalue weighted by Gasteiger charge is -2.38. The van der Waals surface area contributed by atoms with Crippen LogP contribution in [0, 0.1) is 0 Å². The van der Waals surface area contributed by atoms with Crippen molar-refractivity contribution in [3.05, 3.63) is 95.6 Å². The van der Waals surface area contributed by atoms with Crippen molar-refractivity contribution in [1.29, 1.82) is 0 Å². The molecule has 2 aliphatic rings. The average Bonchev–Trinajstić information content (AvgIpc) is 3.36. The highest BCUT2D eigenvalue weighted by atomic mass is 16.5. The lowest BCUT2D eigenvalue weighted by atomic mass is 9.85. The Morgan fingerprint density at radius 2 is 1.97 bits per heavy atom. The molecule has 170 valence electrons. The minimum absolute atomic E-state index is 0.252. The fraction of sp³-hybridized carbons (Fsp3) is 0.192. The summed E-state index contributed by atoms with van der Waals surface area (Å²) in [6.45, 7) is 2.51. The minimum Gasteiger partial charge on any atom is -0.493 e. The van der Waals surface area contributed by atoms with E-state index in [2.05, 4.69) is 32.5 Å². The summed E-state index contributed by atoms with van der Waals surface area (Å²) in [6.07, 6.45) is 4.79. The molecule has 0 bridgehead atoms. The van der Waals surface area contributed by atoms with Crippen LogP contribution in [0.15, 0.2) is 78.9 Å². The van der Waals surface area contributed by atoms with Gasteiger partial charge in [-0.1, -0.05) is 24.3 Å². The highest BCUT2D eigenvalue weighted by Gasteiger charge is 2.41. The van der Waals surface area contributed by atoms with Crippen LogP contribution < -0.4 is 19.5 Å². The Bertz CT molecular complexity index is 1380. The largest absolute Gasteiger partial charge is 0.493 e. The number of nitrogens with zero attached hydrogens (tertiary/aromatic N) is 4. The number of hydrogen-bond acceptors (Lipinski definition) is 7. The van der Waals surface area contributed by atoms with Crippen LogP contribution in [-0.2, 0) is 0 Å². The topological polar surface area (TPSA) is 83.3 Å². The summed E-state index contributed by atoms with van der Waals surface area (Å²) in [5.74, 6) is 2.83. The number of nitrogens with one attached hydrogen (secondary N) is 1. The summed E-state index contributed by atoms with van der Waals surface area (Å²) in [5.41, 5.74) is 4.91. The van der Waals surface area contributed by atoms with E-state index in [1.165, 1.54) is 0 Å². The van der Waals surface area contributed by atoms with Crippen LogP contribution in [0.4, 0.5) is 5.95 Å². The molecule has 6 rings (SSSR count). The molecular weight excluding hydrogens is 430 g/mol. The van der Waals surface area contributed by atoms with Crippen LogP contribution in [0.1, 0.15) is 35.8 Å². The van der Waals surface area contributed by atoms with E-state index >= 15 is 0 Å². The molecule has 2 atom stereocenters. The summed E-state index contributed by atoms with van der Waals surface area (Å²) in [5, 5.41) is 8.05. The van der Waals surface area contributed by atoms with Crippen molar-refractivity contribution in [3.8, 4) is 17.2 Å². The number of hydrogen-bond donors (Lipinski definition) is 1. The van der Waals surface area contributed by atoms with Gasteiger partial charge in [0.1, 0.15) is 24.2 Å². The molecule has 0 spiro atoms. The second-order valence-electron chi connectivity index (χ2n) is 8.01. The van der Waals surface area contributed by atoms with Gasteiger partial charge in [0.2, 0.25) is 5.95 Å². The van der Waals surface area contributed by atoms with Crippen molar-refractivity contribution in [2.45, 2.75) is 19.1 Å². The Kier molecular flexibility index (Phi) is 4.91. The van der Waals surface area contributed by atoms with E-state index in [1.807, 2.05) is 60.3 Å².